The van der Waals surface area contributed by atoms with Crippen molar-refractivity contribution in [3.05, 3.63) is 29.3 Å². The van der Waals surface area contributed by atoms with E-state index in [1.807, 2.05) is 6.92 Å². The molecule has 0 radical (unpaired) electrons. The minimum absolute atomic E-state index is 0.137. The highest BCUT2D eigenvalue weighted by atomic mass is 32.2. The third-order valence-electron chi connectivity index (χ3n) is 3.12. The summed E-state index contributed by atoms with van der Waals surface area (Å²) in [6.45, 7) is 1.64. The summed E-state index contributed by atoms with van der Waals surface area (Å²) in [7, 11) is -4.18. The first-order chi connectivity index (χ1) is 9.65. The van der Waals surface area contributed by atoms with E-state index in [9.17, 15) is 21.6 Å². The summed E-state index contributed by atoms with van der Waals surface area (Å²) in [6, 6.07) is 4.27. The van der Waals surface area contributed by atoms with Crippen molar-refractivity contribution in [2.24, 2.45) is 5.73 Å². The van der Waals surface area contributed by atoms with Crippen LogP contribution in [-0.4, -0.2) is 32.0 Å². The molecule has 0 aliphatic carbocycles. The van der Waals surface area contributed by atoms with Gasteiger partial charge in [0.1, 0.15) is 6.54 Å². The number of rotatable bonds is 6. The molecule has 8 heteroatoms. The maximum Gasteiger partial charge on any atom is 0.402 e. The maximum absolute atomic E-state index is 12.5. The Kier molecular flexibility index (Phi) is 5.77. The van der Waals surface area contributed by atoms with Gasteiger partial charge < -0.3 is 5.73 Å². The highest BCUT2D eigenvalue weighted by Gasteiger charge is 2.36. The number of nitrogens with zero attached hydrogens (tertiary/aromatic N) is 1. The smallest absolute Gasteiger partial charge is 0.326 e. The first kappa shape index (κ1) is 17.9. The lowest BCUT2D eigenvalue weighted by molar-refractivity contribution is -0.135. The topological polar surface area (TPSA) is 63.4 Å². The first-order valence-electron chi connectivity index (χ1n) is 6.54. The minimum Gasteiger partial charge on any atom is -0.326 e. The molecule has 0 unspecified atom stereocenters. The molecular formula is C13H19F3N2O2S. The quantitative estimate of drug-likeness (QED) is 0.873. The zero-order valence-corrected chi connectivity index (χ0v) is 12.8. The molecule has 0 aromatic heterocycles. The summed E-state index contributed by atoms with van der Waals surface area (Å²) in [5.74, 6) is 0. The summed E-state index contributed by atoms with van der Waals surface area (Å²) in [5, 5.41) is 0. The fourth-order valence-corrected chi connectivity index (χ4v) is 3.50. The highest BCUT2D eigenvalue weighted by molar-refractivity contribution is 7.89. The molecule has 0 aliphatic rings. The maximum atomic E-state index is 12.5. The first-order valence-corrected chi connectivity index (χ1v) is 7.98. The van der Waals surface area contributed by atoms with Crippen molar-refractivity contribution in [2.75, 3.05) is 13.1 Å². The van der Waals surface area contributed by atoms with Crippen molar-refractivity contribution < 1.29 is 21.6 Å². The van der Waals surface area contributed by atoms with E-state index >= 15 is 0 Å². The van der Waals surface area contributed by atoms with Gasteiger partial charge in [-0.25, -0.2) is 8.42 Å². The Morgan fingerprint density at radius 2 is 1.81 bits per heavy atom. The van der Waals surface area contributed by atoms with Crippen LogP contribution in [0.25, 0.3) is 0 Å². The van der Waals surface area contributed by atoms with E-state index in [0.717, 1.165) is 5.56 Å². The van der Waals surface area contributed by atoms with Crippen molar-refractivity contribution in [3.63, 3.8) is 0 Å². The van der Waals surface area contributed by atoms with Gasteiger partial charge in [-0.3, -0.25) is 0 Å². The van der Waals surface area contributed by atoms with E-state index in [1.54, 1.807) is 6.07 Å². The minimum atomic E-state index is -4.58. The van der Waals surface area contributed by atoms with E-state index in [4.69, 9.17) is 5.73 Å². The number of alkyl halides is 3. The van der Waals surface area contributed by atoms with E-state index in [0.29, 0.717) is 16.3 Å². The van der Waals surface area contributed by atoms with Crippen LogP contribution in [-0.2, 0) is 23.0 Å². The largest absolute Gasteiger partial charge is 0.402 e. The van der Waals surface area contributed by atoms with Gasteiger partial charge >= 0.3 is 6.18 Å². The second-order valence-electron chi connectivity index (χ2n) is 4.53. The second-order valence-corrected chi connectivity index (χ2v) is 6.47. The van der Waals surface area contributed by atoms with Crippen LogP contribution < -0.4 is 5.73 Å². The Morgan fingerprint density at radius 3 is 2.24 bits per heavy atom. The SMILES string of the molecule is CCc1ccc(S(=O)(=O)N(CC)CC(F)(F)F)cc1CN. The Labute approximate surface area is 122 Å². The molecule has 0 amide bonds. The summed E-state index contributed by atoms with van der Waals surface area (Å²) >= 11 is 0. The highest BCUT2D eigenvalue weighted by Crippen LogP contribution is 2.24. The molecule has 0 heterocycles. The number of sulfonamides is 1. The summed E-state index contributed by atoms with van der Waals surface area (Å²) in [5.41, 5.74) is 7.07. The monoisotopic (exact) mass is 324 g/mol. The molecule has 0 saturated heterocycles. The van der Waals surface area contributed by atoms with Gasteiger partial charge in [0.25, 0.3) is 0 Å². The van der Waals surface area contributed by atoms with Gasteiger partial charge in [0.2, 0.25) is 10.0 Å². The van der Waals surface area contributed by atoms with Crippen molar-refractivity contribution in [2.45, 2.75) is 37.9 Å². The van der Waals surface area contributed by atoms with Crippen LogP contribution in [0.5, 0.6) is 0 Å². The van der Waals surface area contributed by atoms with Crippen LogP contribution in [0.15, 0.2) is 23.1 Å². The fraction of sp³-hybridized carbons (Fsp3) is 0.538. The molecular weight excluding hydrogens is 305 g/mol. The predicted molar refractivity (Wildman–Crippen MR) is 74.2 cm³/mol. The van der Waals surface area contributed by atoms with E-state index in [-0.39, 0.29) is 18.0 Å². The molecule has 1 aromatic rings. The molecule has 1 rings (SSSR count). The van der Waals surface area contributed by atoms with Crippen LogP contribution in [0.2, 0.25) is 0 Å². The number of halogens is 3. The van der Waals surface area contributed by atoms with Crippen molar-refractivity contribution in [1.82, 2.24) is 4.31 Å². The normalized spacial score (nSPS) is 12.9. The standard InChI is InChI=1S/C13H19F3N2O2S/c1-3-10-5-6-12(7-11(10)8-17)21(19,20)18(4-2)9-13(14,15)16/h5-7H,3-4,8-9,17H2,1-2H3. The summed E-state index contributed by atoms with van der Waals surface area (Å²) < 4.78 is 62.4. The van der Waals surface area contributed by atoms with Crippen LogP contribution >= 0.6 is 0 Å². The number of nitrogens with two attached hydrogens (primary N) is 1. The molecule has 120 valence electrons. The zero-order chi connectivity index (χ0) is 16.3. The zero-order valence-electron chi connectivity index (χ0n) is 11.9. The molecule has 0 fully saturated rings. The fourth-order valence-electron chi connectivity index (χ4n) is 2.01. The number of aryl methyl sites for hydroxylation is 1. The van der Waals surface area contributed by atoms with Crippen molar-refractivity contribution >= 4 is 10.0 Å². The van der Waals surface area contributed by atoms with E-state index in [1.165, 1.54) is 19.1 Å². The number of benzene rings is 1. The van der Waals surface area contributed by atoms with Crippen LogP contribution in [0.3, 0.4) is 0 Å². The average Bonchev–Trinajstić information content (AvgIpc) is 2.42. The lowest BCUT2D eigenvalue weighted by Gasteiger charge is -2.22. The molecule has 0 spiro atoms. The molecule has 0 aliphatic heterocycles. The van der Waals surface area contributed by atoms with Gasteiger partial charge in [-0.05, 0) is 29.7 Å². The molecule has 0 bridgehead atoms. The molecule has 0 atom stereocenters. The van der Waals surface area contributed by atoms with Crippen LogP contribution in [0.4, 0.5) is 13.2 Å². The van der Waals surface area contributed by atoms with Gasteiger partial charge in [0.15, 0.2) is 0 Å². The van der Waals surface area contributed by atoms with Gasteiger partial charge in [0, 0.05) is 13.1 Å². The third kappa shape index (κ3) is 4.42. The van der Waals surface area contributed by atoms with Gasteiger partial charge in [-0.15, -0.1) is 0 Å². The van der Waals surface area contributed by atoms with Crippen LogP contribution in [0.1, 0.15) is 25.0 Å². The predicted octanol–water partition coefficient (Wildman–Crippen LogP) is 2.28. The lowest BCUT2D eigenvalue weighted by atomic mass is 10.1. The molecule has 21 heavy (non-hydrogen) atoms. The average molecular weight is 324 g/mol. The molecule has 1 aromatic carbocycles. The Bertz CT molecular complexity index is 586. The van der Waals surface area contributed by atoms with Crippen molar-refractivity contribution in [1.29, 1.82) is 0 Å². The van der Waals surface area contributed by atoms with Gasteiger partial charge in [0.05, 0.1) is 4.90 Å². The molecule has 2 N–H and O–H groups in total. The number of hydrogen-bond acceptors (Lipinski definition) is 3. The Balaban J connectivity index is 3.23. The van der Waals surface area contributed by atoms with Crippen LogP contribution in [0, 0.1) is 0 Å². The Hall–Kier alpha value is -1.12. The van der Waals surface area contributed by atoms with E-state index in [2.05, 4.69) is 0 Å². The van der Waals surface area contributed by atoms with Crippen molar-refractivity contribution in [3.8, 4) is 0 Å². The summed E-state index contributed by atoms with van der Waals surface area (Å²) in [6.07, 6.45) is -3.91. The molecule has 0 saturated carbocycles. The molecule has 4 nitrogen and oxygen atoms in total. The third-order valence-corrected chi connectivity index (χ3v) is 5.04. The Morgan fingerprint density at radius 1 is 1.19 bits per heavy atom. The van der Waals surface area contributed by atoms with Gasteiger partial charge in [-0.1, -0.05) is 19.9 Å². The van der Waals surface area contributed by atoms with E-state index < -0.39 is 22.7 Å². The second kappa shape index (κ2) is 6.76. The van der Waals surface area contributed by atoms with Gasteiger partial charge in [-0.2, -0.15) is 17.5 Å². The number of hydrogen-bond donors (Lipinski definition) is 1. The lowest BCUT2D eigenvalue weighted by Crippen LogP contribution is -2.38. The summed E-state index contributed by atoms with van der Waals surface area (Å²) in [4.78, 5) is -0.161.